The average molecular weight is 256 g/mol. The van der Waals surface area contributed by atoms with Gasteiger partial charge in [0.25, 0.3) is 5.91 Å². The second kappa shape index (κ2) is 5.48. The molecule has 2 aromatic heterocycles. The Labute approximate surface area is 111 Å². The van der Waals surface area contributed by atoms with Gasteiger partial charge in [-0.05, 0) is 37.6 Å². The topological polar surface area (TPSA) is 80.9 Å². The maximum absolute atomic E-state index is 12.0. The number of nitrogens with zero attached hydrogens (tertiary/aromatic N) is 2. The maximum Gasteiger partial charge on any atom is 0.270 e. The van der Waals surface area contributed by atoms with Crippen molar-refractivity contribution in [1.29, 1.82) is 0 Å². The van der Waals surface area contributed by atoms with E-state index in [4.69, 9.17) is 5.73 Å². The molecule has 98 valence electrons. The summed E-state index contributed by atoms with van der Waals surface area (Å²) in [5.74, 6) is 0.0812. The zero-order chi connectivity index (χ0) is 13.8. The molecule has 0 spiro atoms. The summed E-state index contributed by atoms with van der Waals surface area (Å²) in [5, 5.41) is 2.86. The van der Waals surface area contributed by atoms with Gasteiger partial charge >= 0.3 is 0 Å². The first kappa shape index (κ1) is 13.0. The summed E-state index contributed by atoms with van der Waals surface area (Å²) in [5.41, 5.74) is 7.76. The minimum Gasteiger partial charge on any atom is -0.384 e. The molecule has 0 saturated carbocycles. The first-order valence-electron chi connectivity index (χ1n) is 6.02. The van der Waals surface area contributed by atoms with E-state index in [0.29, 0.717) is 11.5 Å². The lowest BCUT2D eigenvalue weighted by Crippen LogP contribution is -2.27. The Kier molecular flexibility index (Phi) is 3.75. The highest BCUT2D eigenvalue weighted by atomic mass is 16.1. The lowest BCUT2D eigenvalue weighted by Gasteiger charge is -2.13. The molecule has 1 atom stereocenters. The van der Waals surface area contributed by atoms with Crippen LogP contribution in [-0.2, 0) is 0 Å². The molecule has 0 unspecified atom stereocenters. The fraction of sp³-hybridized carbons (Fsp3) is 0.214. The molecule has 0 aliphatic carbocycles. The third kappa shape index (κ3) is 3.28. The molecular formula is C14H16N4O. The molecule has 0 saturated heterocycles. The van der Waals surface area contributed by atoms with Gasteiger partial charge in [0, 0.05) is 11.9 Å². The van der Waals surface area contributed by atoms with Gasteiger partial charge in [0.15, 0.2) is 0 Å². The van der Waals surface area contributed by atoms with Crippen LogP contribution >= 0.6 is 0 Å². The number of nitrogens with two attached hydrogens (primary N) is 1. The van der Waals surface area contributed by atoms with E-state index in [1.165, 1.54) is 0 Å². The van der Waals surface area contributed by atoms with Gasteiger partial charge in [-0.15, -0.1) is 0 Å². The Morgan fingerprint density at radius 2 is 2.11 bits per heavy atom. The van der Waals surface area contributed by atoms with E-state index in [-0.39, 0.29) is 11.9 Å². The van der Waals surface area contributed by atoms with Crippen molar-refractivity contribution in [1.82, 2.24) is 15.3 Å². The number of rotatable bonds is 3. The number of anilines is 1. The van der Waals surface area contributed by atoms with E-state index in [9.17, 15) is 4.79 Å². The van der Waals surface area contributed by atoms with Crippen molar-refractivity contribution >= 4 is 11.7 Å². The molecule has 5 nitrogen and oxygen atoms in total. The normalized spacial score (nSPS) is 11.9. The third-order valence-electron chi connectivity index (χ3n) is 2.79. The fourth-order valence-electron chi connectivity index (χ4n) is 1.67. The number of hydrogen-bond donors (Lipinski definition) is 2. The van der Waals surface area contributed by atoms with E-state index in [1.807, 2.05) is 26.0 Å². The van der Waals surface area contributed by atoms with Gasteiger partial charge in [-0.25, -0.2) is 4.98 Å². The van der Waals surface area contributed by atoms with Gasteiger partial charge in [0.1, 0.15) is 11.5 Å². The van der Waals surface area contributed by atoms with Crippen molar-refractivity contribution in [3.8, 4) is 0 Å². The summed E-state index contributed by atoms with van der Waals surface area (Å²) in [6.07, 6.45) is 1.76. The third-order valence-corrected chi connectivity index (χ3v) is 2.79. The fourth-order valence-corrected chi connectivity index (χ4v) is 1.67. The summed E-state index contributed by atoms with van der Waals surface area (Å²) < 4.78 is 0. The highest BCUT2D eigenvalue weighted by molar-refractivity contribution is 5.92. The molecule has 1 amide bonds. The Morgan fingerprint density at radius 1 is 1.32 bits per heavy atom. The number of nitrogen functional groups attached to an aromatic ring is 1. The zero-order valence-corrected chi connectivity index (χ0v) is 10.9. The number of aryl methyl sites for hydroxylation is 1. The number of amides is 1. The number of pyridine rings is 2. The average Bonchev–Trinajstić information content (AvgIpc) is 2.39. The predicted octanol–water partition coefficient (Wildman–Crippen LogP) is 1.86. The Morgan fingerprint density at radius 3 is 2.74 bits per heavy atom. The van der Waals surface area contributed by atoms with Gasteiger partial charge < -0.3 is 11.1 Å². The monoisotopic (exact) mass is 256 g/mol. The van der Waals surface area contributed by atoms with Crippen molar-refractivity contribution in [3.05, 3.63) is 53.5 Å². The quantitative estimate of drug-likeness (QED) is 0.878. The van der Waals surface area contributed by atoms with E-state index in [2.05, 4.69) is 15.3 Å². The standard InChI is InChI=1S/C14H16N4O/c1-9-6-7-11(8-16-9)10(2)17-14(19)12-4-3-5-13(15)18-12/h3-8,10H,1-2H3,(H2,15,18)(H,17,19)/t10-/m0/s1. The predicted molar refractivity (Wildman–Crippen MR) is 73.5 cm³/mol. The molecule has 0 radical (unpaired) electrons. The summed E-state index contributed by atoms with van der Waals surface area (Å²) in [7, 11) is 0. The first-order chi connectivity index (χ1) is 9.06. The molecule has 19 heavy (non-hydrogen) atoms. The number of aromatic nitrogens is 2. The second-order valence-corrected chi connectivity index (χ2v) is 4.38. The van der Waals surface area contributed by atoms with Gasteiger partial charge in [0.2, 0.25) is 0 Å². The molecular weight excluding hydrogens is 240 g/mol. The van der Waals surface area contributed by atoms with Crippen LogP contribution in [0.25, 0.3) is 0 Å². The minimum atomic E-state index is -0.250. The van der Waals surface area contributed by atoms with Gasteiger partial charge in [-0.3, -0.25) is 9.78 Å². The molecule has 0 aromatic carbocycles. The van der Waals surface area contributed by atoms with Crippen molar-refractivity contribution in [2.75, 3.05) is 5.73 Å². The molecule has 3 N–H and O–H groups in total. The highest BCUT2D eigenvalue weighted by Gasteiger charge is 2.12. The zero-order valence-electron chi connectivity index (χ0n) is 10.9. The largest absolute Gasteiger partial charge is 0.384 e. The highest BCUT2D eigenvalue weighted by Crippen LogP contribution is 2.12. The van der Waals surface area contributed by atoms with Crippen LogP contribution in [0.4, 0.5) is 5.82 Å². The lowest BCUT2D eigenvalue weighted by molar-refractivity contribution is 0.0935. The number of carbonyl (C=O) groups excluding carboxylic acids is 1. The van der Waals surface area contributed by atoms with E-state index >= 15 is 0 Å². The lowest BCUT2D eigenvalue weighted by atomic mass is 10.1. The maximum atomic E-state index is 12.0. The van der Waals surface area contributed by atoms with E-state index in [0.717, 1.165) is 11.3 Å². The molecule has 0 bridgehead atoms. The van der Waals surface area contributed by atoms with Gasteiger partial charge in [-0.1, -0.05) is 12.1 Å². The van der Waals surface area contributed by atoms with Crippen LogP contribution in [0, 0.1) is 6.92 Å². The van der Waals surface area contributed by atoms with Crippen LogP contribution < -0.4 is 11.1 Å². The summed E-state index contributed by atoms with van der Waals surface area (Å²) >= 11 is 0. The molecule has 2 rings (SSSR count). The Bertz CT molecular complexity index is 580. The molecule has 0 fully saturated rings. The summed E-state index contributed by atoms with van der Waals surface area (Å²) in [6, 6.07) is 8.70. The molecule has 2 heterocycles. The van der Waals surface area contributed by atoms with Crippen molar-refractivity contribution in [2.45, 2.75) is 19.9 Å². The summed E-state index contributed by atoms with van der Waals surface area (Å²) in [4.78, 5) is 20.2. The molecule has 5 heteroatoms. The van der Waals surface area contributed by atoms with Gasteiger partial charge in [-0.2, -0.15) is 0 Å². The van der Waals surface area contributed by atoms with Crippen LogP contribution in [0.1, 0.15) is 34.7 Å². The molecule has 0 aliphatic heterocycles. The van der Waals surface area contributed by atoms with Crippen molar-refractivity contribution in [3.63, 3.8) is 0 Å². The second-order valence-electron chi connectivity index (χ2n) is 4.38. The van der Waals surface area contributed by atoms with Crippen molar-refractivity contribution in [2.24, 2.45) is 0 Å². The van der Waals surface area contributed by atoms with Crippen LogP contribution in [-0.4, -0.2) is 15.9 Å². The minimum absolute atomic E-state index is 0.135. The number of carbonyl (C=O) groups is 1. The Hall–Kier alpha value is -2.43. The number of hydrogen-bond acceptors (Lipinski definition) is 4. The van der Waals surface area contributed by atoms with Crippen LogP contribution in [0.3, 0.4) is 0 Å². The van der Waals surface area contributed by atoms with Crippen LogP contribution in [0.5, 0.6) is 0 Å². The number of nitrogens with one attached hydrogen (secondary N) is 1. The van der Waals surface area contributed by atoms with Crippen molar-refractivity contribution < 1.29 is 4.79 Å². The smallest absolute Gasteiger partial charge is 0.270 e. The molecule has 0 aliphatic rings. The van der Waals surface area contributed by atoms with Gasteiger partial charge in [0.05, 0.1) is 6.04 Å². The molecule has 2 aromatic rings. The van der Waals surface area contributed by atoms with E-state index in [1.54, 1.807) is 24.4 Å². The van der Waals surface area contributed by atoms with E-state index < -0.39 is 0 Å². The van der Waals surface area contributed by atoms with Crippen LogP contribution in [0.15, 0.2) is 36.5 Å². The Balaban J connectivity index is 2.08. The first-order valence-corrected chi connectivity index (χ1v) is 6.02. The summed E-state index contributed by atoms with van der Waals surface area (Å²) in [6.45, 7) is 3.82. The SMILES string of the molecule is Cc1ccc([C@H](C)NC(=O)c2cccc(N)n2)cn1. The van der Waals surface area contributed by atoms with Crippen LogP contribution in [0.2, 0.25) is 0 Å².